The predicted octanol–water partition coefficient (Wildman–Crippen LogP) is 3.17. The fraction of sp³-hybridized carbons (Fsp3) is 0. The van der Waals surface area contributed by atoms with Crippen molar-refractivity contribution in [2.24, 2.45) is 0 Å². The van der Waals surface area contributed by atoms with Crippen LogP contribution in [0.2, 0.25) is 0 Å². The molecule has 0 saturated heterocycles. The van der Waals surface area contributed by atoms with Crippen LogP contribution in [-0.4, -0.2) is 19.9 Å². The normalized spacial score (nSPS) is 10.8. The molecular formula is C17H13N5O. The van der Waals surface area contributed by atoms with Crippen LogP contribution in [-0.2, 0) is 0 Å². The third-order valence-electron chi connectivity index (χ3n) is 3.49. The summed E-state index contributed by atoms with van der Waals surface area (Å²) in [6.45, 7) is 0. The summed E-state index contributed by atoms with van der Waals surface area (Å²) in [6.07, 6.45) is 3.42. The van der Waals surface area contributed by atoms with Gasteiger partial charge in [-0.25, -0.2) is 0 Å². The smallest absolute Gasteiger partial charge is 0.254 e. The first-order valence-electron chi connectivity index (χ1n) is 7.10. The number of anilines is 1. The van der Waals surface area contributed by atoms with Gasteiger partial charge in [0.2, 0.25) is 0 Å². The van der Waals surface area contributed by atoms with E-state index < -0.39 is 0 Å². The van der Waals surface area contributed by atoms with Gasteiger partial charge in [-0.1, -0.05) is 35.5 Å². The van der Waals surface area contributed by atoms with Crippen LogP contribution in [0.3, 0.4) is 0 Å². The molecule has 0 saturated carbocycles. The number of hydrogen-bond acceptors (Lipinski definition) is 5. The minimum absolute atomic E-state index is 0.469. The Morgan fingerprint density at radius 1 is 0.870 bits per heavy atom. The lowest BCUT2D eigenvalue weighted by atomic mass is 10.2. The number of nitrogens with two attached hydrogens (primary N) is 1. The number of hydrogen-bond donors (Lipinski definition) is 1. The molecule has 4 rings (SSSR count). The van der Waals surface area contributed by atoms with E-state index in [0.717, 1.165) is 16.8 Å². The molecule has 2 N–H and O–H groups in total. The average molecular weight is 303 g/mol. The summed E-state index contributed by atoms with van der Waals surface area (Å²) in [6, 6.07) is 17.2. The van der Waals surface area contributed by atoms with Crippen LogP contribution in [0.5, 0.6) is 0 Å². The Labute approximate surface area is 132 Å². The average Bonchev–Trinajstić information content (AvgIpc) is 3.23. The number of pyridine rings is 1. The third-order valence-corrected chi connectivity index (χ3v) is 3.49. The van der Waals surface area contributed by atoms with Gasteiger partial charge in [0, 0.05) is 35.7 Å². The lowest BCUT2D eigenvalue weighted by Crippen LogP contribution is -2.00. The number of nitrogens with zero attached hydrogens (tertiary/aromatic N) is 4. The van der Waals surface area contributed by atoms with Crippen LogP contribution in [0.4, 0.5) is 5.82 Å². The van der Waals surface area contributed by atoms with Crippen molar-refractivity contribution in [3.05, 3.63) is 67.0 Å². The van der Waals surface area contributed by atoms with Gasteiger partial charge in [-0.3, -0.25) is 4.98 Å². The van der Waals surface area contributed by atoms with Crippen molar-refractivity contribution < 1.29 is 4.52 Å². The minimum Gasteiger partial charge on any atom is -0.383 e. The van der Waals surface area contributed by atoms with E-state index in [9.17, 15) is 0 Å². The maximum Gasteiger partial charge on any atom is 0.254 e. The highest BCUT2D eigenvalue weighted by Gasteiger charge is 2.13. The lowest BCUT2D eigenvalue weighted by molar-refractivity contribution is 0.402. The molecule has 0 spiro atoms. The van der Waals surface area contributed by atoms with Crippen molar-refractivity contribution in [2.45, 2.75) is 0 Å². The zero-order valence-electron chi connectivity index (χ0n) is 12.1. The molecule has 1 aromatic carbocycles. The van der Waals surface area contributed by atoms with Gasteiger partial charge < -0.3 is 10.3 Å². The Morgan fingerprint density at radius 2 is 1.61 bits per heavy atom. The summed E-state index contributed by atoms with van der Waals surface area (Å²) >= 11 is 0. The molecule has 23 heavy (non-hydrogen) atoms. The molecule has 0 bridgehead atoms. The lowest BCUT2D eigenvalue weighted by Gasteiger charge is -1.96. The second-order valence-electron chi connectivity index (χ2n) is 5.02. The highest BCUT2D eigenvalue weighted by Crippen LogP contribution is 2.25. The van der Waals surface area contributed by atoms with Crippen LogP contribution in [0.1, 0.15) is 0 Å². The number of rotatable bonds is 3. The van der Waals surface area contributed by atoms with E-state index in [1.54, 1.807) is 23.1 Å². The van der Waals surface area contributed by atoms with Crippen LogP contribution >= 0.6 is 0 Å². The molecule has 0 fully saturated rings. The maximum atomic E-state index is 6.06. The third kappa shape index (κ3) is 2.46. The Balaban J connectivity index is 1.72. The number of benzene rings is 1. The Bertz CT molecular complexity index is 928. The highest BCUT2D eigenvalue weighted by molar-refractivity contribution is 5.64. The van der Waals surface area contributed by atoms with E-state index in [4.69, 9.17) is 10.3 Å². The largest absolute Gasteiger partial charge is 0.383 e. The van der Waals surface area contributed by atoms with E-state index >= 15 is 0 Å². The van der Waals surface area contributed by atoms with Gasteiger partial charge in [0.1, 0.15) is 11.5 Å². The maximum absolute atomic E-state index is 6.06. The molecule has 0 aliphatic rings. The number of aromatic nitrogens is 4. The predicted molar refractivity (Wildman–Crippen MR) is 86.7 cm³/mol. The van der Waals surface area contributed by atoms with E-state index in [1.165, 1.54) is 0 Å². The van der Waals surface area contributed by atoms with Gasteiger partial charge >= 0.3 is 0 Å². The fourth-order valence-electron chi connectivity index (χ4n) is 2.35. The fourth-order valence-corrected chi connectivity index (χ4v) is 2.35. The molecule has 6 nitrogen and oxygen atoms in total. The van der Waals surface area contributed by atoms with Crippen molar-refractivity contribution in [3.8, 4) is 28.4 Å². The Morgan fingerprint density at radius 3 is 2.39 bits per heavy atom. The SMILES string of the molecule is Nc1cc(-c2ccccc2)nn1-c1cc(-c2ccncc2)no1. The van der Waals surface area contributed by atoms with Crippen molar-refractivity contribution in [3.63, 3.8) is 0 Å². The second-order valence-corrected chi connectivity index (χ2v) is 5.02. The van der Waals surface area contributed by atoms with Gasteiger partial charge in [0.05, 0.1) is 5.69 Å². The summed E-state index contributed by atoms with van der Waals surface area (Å²) in [5, 5.41) is 8.57. The van der Waals surface area contributed by atoms with Gasteiger partial charge in [-0.15, -0.1) is 0 Å². The van der Waals surface area contributed by atoms with Gasteiger partial charge in [-0.2, -0.15) is 9.78 Å². The molecule has 0 atom stereocenters. The molecule has 112 valence electrons. The molecule has 4 aromatic rings. The summed E-state index contributed by atoms with van der Waals surface area (Å²) in [5.74, 6) is 0.956. The van der Waals surface area contributed by atoms with Crippen LogP contribution < -0.4 is 5.73 Å². The first kappa shape index (κ1) is 13.3. The monoisotopic (exact) mass is 303 g/mol. The summed E-state index contributed by atoms with van der Waals surface area (Å²) < 4.78 is 6.93. The molecule has 3 aromatic heterocycles. The van der Waals surface area contributed by atoms with Crippen LogP contribution in [0.15, 0.2) is 71.5 Å². The van der Waals surface area contributed by atoms with Gasteiger partial charge in [0.25, 0.3) is 5.88 Å². The second kappa shape index (κ2) is 5.42. The Hall–Kier alpha value is -3.41. The topological polar surface area (TPSA) is 82.8 Å². The summed E-state index contributed by atoms with van der Waals surface area (Å²) in [5.41, 5.74) is 9.46. The van der Waals surface area contributed by atoms with Crippen molar-refractivity contribution >= 4 is 5.82 Å². The van der Waals surface area contributed by atoms with E-state index in [0.29, 0.717) is 17.4 Å². The molecule has 0 aliphatic heterocycles. The van der Waals surface area contributed by atoms with E-state index in [2.05, 4.69) is 15.2 Å². The quantitative estimate of drug-likeness (QED) is 0.628. The van der Waals surface area contributed by atoms with E-state index in [1.807, 2.05) is 48.5 Å². The van der Waals surface area contributed by atoms with Crippen LogP contribution in [0.25, 0.3) is 28.4 Å². The number of nitrogen functional groups attached to an aromatic ring is 1. The van der Waals surface area contributed by atoms with E-state index in [-0.39, 0.29) is 0 Å². The molecule has 3 heterocycles. The van der Waals surface area contributed by atoms with Crippen LogP contribution in [0, 0.1) is 0 Å². The molecule has 0 amide bonds. The van der Waals surface area contributed by atoms with Crippen molar-refractivity contribution in [1.82, 2.24) is 19.9 Å². The minimum atomic E-state index is 0.469. The van der Waals surface area contributed by atoms with Gasteiger partial charge in [0.15, 0.2) is 0 Å². The first-order chi connectivity index (χ1) is 11.3. The zero-order valence-corrected chi connectivity index (χ0v) is 12.1. The molecule has 0 unspecified atom stereocenters. The molecule has 0 radical (unpaired) electrons. The summed E-state index contributed by atoms with van der Waals surface area (Å²) in [4.78, 5) is 3.99. The summed E-state index contributed by atoms with van der Waals surface area (Å²) in [7, 11) is 0. The van der Waals surface area contributed by atoms with Gasteiger partial charge in [-0.05, 0) is 12.1 Å². The molecule has 0 aliphatic carbocycles. The molecular weight excluding hydrogens is 290 g/mol. The first-order valence-corrected chi connectivity index (χ1v) is 7.10. The zero-order chi connectivity index (χ0) is 15.6. The van der Waals surface area contributed by atoms with Crippen molar-refractivity contribution in [2.75, 3.05) is 5.73 Å². The Kier molecular flexibility index (Phi) is 3.12. The standard InChI is InChI=1S/C17H13N5O/c18-16-10-14(12-4-2-1-3-5-12)20-22(16)17-11-15(21-23-17)13-6-8-19-9-7-13/h1-11H,18H2. The molecule has 6 heteroatoms. The van der Waals surface area contributed by atoms with Crippen molar-refractivity contribution in [1.29, 1.82) is 0 Å². The highest BCUT2D eigenvalue weighted by atomic mass is 16.5.